The molecule has 1 N–H and O–H groups in total. The topological polar surface area (TPSA) is 41.6 Å². The minimum absolute atomic E-state index is 0.0526. The van der Waals surface area contributed by atoms with Crippen molar-refractivity contribution in [2.75, 3.05) is 33.3 Å². The van der Waals surface area contributed by atoms with Gasteiger partial charge in [0.1, 0.15) is 0 Å². The van der Waals surface area contributed by atoms with Gasteiger partial charge in [-0.25, -0.2) is 0 Å². The van der Waals surface area contributed by atoms with Gasteiger partial charge in [0, 0.05) is 40.2 Å². The Kier molecular flexibility index (Phi) is 8.67. The monoisotopic (exact) mass is 278 g/mol. The molecule has 0 spiro atoms. The van der Waals surface area contributed by atoms with Gasteiger partial charge in [-0.15, -0.1) is 0 Å². The van der Waals surface area contributed by atoms with Crippen molar-refractivity contribution in [3.05, 3.63) is 36.4 Å². The number of nitrogens with one attached hydrogen (secondary N) is 1. The smallest absolute Gasteiger partial charge is 0.216 e. The van der Waals surface area contributed by atoms with Crippen molar-refractivity contribution in [1.29, 1.82) is 0 Å². The highest BCUT2D eigenvalue weighted by atomic mass is 16.5. The number of rotatable bonds is 4. The predicted octanol–water partition coefficient (Wildman–Crippen LogP) is 1.92. The van der Waals surface area contributed by atoms with Gasteiger partial charge in [-0.2, -0.15) is 0 Å². The molecule has 1 aromatic carbocycles. The summed E-state index contributed by atoms with van der Waals surface area (Å²) in [5.74, 6) is 0.0526. The van der Waals surface area contributed by atoms with E-state index in [0.717, 1.165) is 39.0 Å². The second-order valence-corrected chi connectivity index (χ2v) is 4.91. The van der Waals surface area contributed by atoms with Crippen molar-refractivity contribution >= 4 is 5.91 Å². The third-order valence-corrected chi connectivity index (χ3v) is 3.34. The minimum atomic E-state index is 0.0526. The van der Waals surface area contributed by atoms with Gasteiger partial charge in [0.05, 0.1) is 6.10 Å². The van der Waals surface area contributed by atoms with E-state index in [0.29, 0.717) is 6.10 Å². The lowest BCUT2D eigenvalue weighted by atomic mass is 10.1. The molecule has 0 bridgehead atoms. The van der Waals surface area contributed by atoms with Crippen LogP contribution in [-0.4, -0.2) is 50.2 Å². The molecule has 1 aliphatic heterocycles. The van der Waals surface area contributed by atoms with E-state index in [-0.39, 0.29) is 5.91 Å². The van der Waals surface area contributed by atoms with Crippen molar-refractivity contribution in [3.8, 4) is 0 Å². The summed E-state index contributed by atoms with van der Waals surface area (Å²) in [6.45, 7) is 5.43. The Morgan fingerprint density at radius 1 is 1.15 bits per heavy atom. The lowest BCUT2D eigenvalue weighted by Crippen LogP contribution is -2.40. The maximum absolute atomic E-state index is 10.6. The number of ether oxygens (including phenoxy) is 1. The highest BCUT2D eigenvalue weighted by molar-refractivity contribution is 5.72. The maximum atomic E-state index is 10.6. The Labute approximate surface area is 122 Å². The molecule has 0 aromatic heterocycles. The lowest BCUT2D eigenvalue weighted by molar-refractivity contribution is -0.119. The molecule has 0 unspecified atom stereocenters. The molecule has 1 amide bonds. The normalized spacial score (nSPS) is 16.1. The highest BCUT2D eigenvalue weighted by Gasteiger charge is 2.17. The van der Waals surface area contributed by atoms with Crippen LogP contribution in [0.1, 0.15) is 19.8 Å². The van der Waals surface area contributed by atoms with E-state index in [1.165, 1.54) is 0 Å². The van der Waals surface area contributed by atoms with Crippen molar-refractivity contribution in [2.24, 2.45) is 0 Å². The molecule has 4 nitrogen and oxygen atoms in total. The van der Waals surface area contributed by atoms with Crippen LogP contribution in [0.3, 0.4) is 0 Å². The van der Waals surface area contributed by atoms with Gasteiger partial charge >= 0.3 is 0 Å². The number of hydrogen-bond donors (Lipinski definition) is 1. The number of hydrogen-bond acceptors (Lipinski definition) is 3. The Bertz CT molecular complexity index is 322. The summed E-state index contributed by atoms with van der Waals surface area (Å²) in [5.41, 5.74) is 0. The Hall–Kier alpha value is -1.39. The van der Waals surface area contributed by atoms with Crippen LogP contribution < -0.4 is 5.32 Å². The molecule has 20 heavy (non-hydrogen) atoms. The first kappa shape index (κ1) is 16.7. The van der Waals surface area contributed by atoms with Crippen LogP contribution in [0.4, 0.5) is 0 Å². The van der Waals surface area contributed by atoms with E-state index >= 15 is 0 Å². The van der Waals surface area contributed by atoms with Gasteiger partial charge in [0.15, 0.2) is 0 Å². The molecule has 112 valence electrons. The van der Waals surface area contributed by atoms with E-state index in [2.05, 4.69) is 10.2 Å². The first-order chi connectivity index (χ1) is 9.72. The average Bonchev–Trinajstić information content (AvgIpc) is 2.50. The van der Waals surface area contributed by atoms with Crippen molar-refractivity contribution in [1.82, 2.24) is 10.2 Å². The molecule has 0 aliphatic carbocycles. The number of benzene rings is 1. The first-order valence-corrected chi connectivity index (χ1v) is 7.22. The standard InChI is InChI=1S/C10H20N2O2.C6H6/c1-9(13)11-5-8-12-6-3-10(14-2)4-7-12;1-2-4-6-5-3-1/h10H,3-8H2,1-2H3,(H,11,13);1-6H. The van der Waals surface area contributed by atoms with Crippen LogP contribution in [0.15, 0.2) is 36.4 Å². The van der Waals surface area contributed by atoms with Crippen LogP contribution in [0.25, 0.3) is 0 Å². The Morgan fingerprint density at radius 2 is 1.65 bits per heavy atom. The van der Waals surface area contributed by atoms with E-state index in [4.69, 9.17) is 4.74 Å². The summed E-state index contributed by atoms with van der Waals surface area (Å²) in [5, 5.41) is 2.81. The molecule has 1 heterocycles. The molecule has 1 aromatic rings. The van der Waals surface area contributed by atoms with Crippen molar-refractivity contribution in [2.45, 2.75) is 25.9 Å². The second-order valence-electron chi connectivity index (χ2n) is 4.91. The van der Waals surface area contributed by atoms with E-state index in [1.807, 2.05) is 36.4 Å². The zero-order valence-corrected chi connectivity index (χ0v) is 12.5. The number of carbonyl (C=O) groups excluding carboxylic acids is 1. The molecule has 0 atom stereocenters. The van der Waals surface area contributed by atoms with Gasteiger partial charge in [0.2, 0.25) is 5.91 Å². The lowest BCUT2D eigenvalue weighted by Gasteiger charge is -2.30. The molecule has 2 rings (SSSR count). The fourth-order valence-electron chi connectivity index (χ4n) is 2.14. The molecule has 0 saturated carbocycles. The second kappa shape index (κ2) is 10.4. The molecular weight excluding hydrogens is 252 g/mol. The average molecular weight is 278 g/mol. The number of amides is 1. The van der Waals surface area contributed by atoms with Crippen LogP contribution in [0.5, 0.6) is 0 Å². The summed E-state index contributed by atoms with van der Waals surface area (Å²) in [6.07, 6.45) is 2.65. The highest BCUT2D eigenvalue weighted by Crippen LogP contribution is 2.11. The van der Waals surface area contributed by atoms with Crippen molar-refractivity contribution < 1.29 is 9.53 Å². The summed E-state index contributed by atoms with van der Waals surface area (Å²) in [6, 6.07) is 12.0. The third-order valence-electron chi connectivity index (χ3n) is 3.34. The first-order valence-electron chi connectivity index (χ1n) is 7.22. The minimum Gasteiger partial charge on any atom is -0.381 e. The zero-order valence-electron chi connectivity index (χ0n) is 12.5. The van der Waals surface area contributed by atoms with Gasteiger partial charge in [-0.3, -0.25) is 4.79 Å². The largest absolute Gasteiger partial charge is 0.381 e. The van der Waals surface area contributed by atoms with Crippen LogP contribution in [0.2, 0.25) is 0 Å². The third kappa shape index (κ3) is 7.92. The Morgan fingerprint density at radius 3 is 2.05 bits per heavy atom. The SMILES string of the molecule is COC1CCN(CCNC(C)=O)CC1.c1ccccc1. The summed E-state index contributed by atoms with van der Waals surface area (Å²) in [7, 11) is 1.78. The molecule has 1 saturated heterocycles. The van der Waals surface area contributed by atoms with Gasteiger partial charge in [0.25, 0.3) is 0 Å². The fourth-order valence-corrected chi connectivity index (χ4v) is 2.14. The van der Waals surface area contributed by atoms with Gasteiger partial charge < -0.3 is 15.0 Å². The summed E-state index contributed by atoms with van der Waals surface area (Å²) in [4.78, 5) is 13.0. The van der Waals surface area contributed by atoms with E-state index in [9.17, 15) is 4.79 Å². The van der Waals surface area contributed by atoms with E-state index < -0.39 is 0 Å². The Balaban J connectivity index is 0.000000276. The van der Waals surface area contributed by atoms with Crippen LogP contribution in [-0.2, 0) is 9.53 Å². The number of nitrogens with zero attached hydrogens (tertiary/aromatic N) is 1. The molecule has 0 radical (unpaired) electrons. The number of likely N-dealkylation sites (tertiary alicyclic amines) is 1. The van der Waals surface area contributed by atoms with E-state index in [1.54, 1.807) is 14.0 Å². The predicted molar refractivity (Wildman–Crippen MR) is 81.6 cm³/mol. The molecular formula is C16H26N2O2. The molecule has 1 aliphatic rings. The summed E-state index contributed by atoms with van der Waals surface area (Å²) >= 11 is 0. The molecule has 1 fully saturated rings. The number of piperidine rings is 1. The number of carbonyl (C=O) groups is 1. The molecule has 4 heteroatoms. The zero-order chi connectivity index (χ0) is 14.6. The fraction of sp³-hybridized carbons (Fsp3) is 0.562. The van der Waals surface area contributed by atoms with Gasteiger partial charge in [-0.1, -0.05) is 36.4 Å². The maximum Gasteiger partial charge on any atom is 0.216 e. The van der Waals surface area contributed by atoms with Crippen LogP contribution in [0, 0.1) is 0 Å². The quantitative estimate of drug-likeness (QED) is 0.915. The summed E-state index contributed by atoms with van der Waals surface area (Å²) < 4.78 is 5.29. The van der Waals surface area contributed by atoms with Gasteiger partial charge in [-0.05, 0) is 12.8 Å². The van der Waals surface area contributed by atoms with Crippen molar-refractivity contribution in [3.63, 3.8) is 0 Å². The number of methoxy groups -OCH3 is 1. The van der Waals surface area contributed by atoms with Crippen LogP contribution >= 0.6 is 0 Å².